The maximum absolute atomic E-state index is 12.2. The number of nitrogens with one attached hydrogen (secondary N) is 1. The predicted molar refractivity (Wildman–Crippen MR) is 78.9 cm³/mol. The molecule has 0 aliphatic rings. The molecular formula is C12H17BrN2O4S. The van der Waals surface area contributed by atoms with Crippen LogP contribution in [0.2, 0.25) is 0 Å². The van der Waals surface area contributed by atoms with Crippen molar-refractivity contribution >= 4 is 31.9 Å². The molecule has 0 radical (unpaired) electrons. The number of rotatable bonds is 5. The maximum Gasteiger partial charge on any atom is 0.252 e. The Morgan fingerprint density at radius 3 is 2.55 bits per heavy atom. The summed E-state index contributed by atoms with van der Waals surface area (Å²) >= 11 is 3.22. The smallest absolute Gasteiger partial charge is 0.252 e. The normalized spacial score (nSPS) is 12.2. The van der Waals surface area contributed by atoms with Crippen LogP contribution in [0, 0.1) is 0 Å². The molecule has 0 saturated heterocycles. The molecule has 0 fully saturated rings. The van der Waals surface area contributed by atoms with Gasteiger partial charge in [0.1, 0.15) is 0 Å². The molecule has 1 rings (SSSR count). The van der Waals surface area contributed by atoms with Crippen LogP contribution in [0.3, 0.4) is 0 Å². The number of halogens is 1. The molecule has 0 aliphatic carbocycles. The molecule has 6 nitrogen and oxygen atoms in total. The van der Waals surface area contributed by atoms with E-state index in [4.69, 9.17) is 9.88 Å². The zero-order valence-electron chi connectivity index (χ0n) is 11.4. The van der Waals surface area contributed by atoms with Gasteiger partial charge in [0, 0.05) is 11.6 Å². The quantitative estimate of drug-likeness (QED) is 0.821. The number of carbonyl (C=O) groups is 1. The number of amides is 1. The lowest BCUT2D eigenvalue weighted by Gasteiger charge is -2.25. The van der Waals surface area contributed by atoms with E-state index in [2.05, 4.69) is 21.2 Å². The molecule has 0 aliphatic heterocycles. The van der Waals surface area contributed by atoms with Gasteiger partial charge in [-0.15, -0.1) is 0 Å². The van der Waals surface area contributed by atoms with Crippen molar-refractivity contribution in [3.8, 4) is 0 Å². The molecule has 1 aromatic carbocycles. The first-order valence-electron chi connectivity index (χ1n) is 5.70. The zero-order chi connectivity index (χ0) is 15.6. The molecule has 1 aromatic rings. The highest BCUT2D eigenvalue weighted by molar-refractivity contribution is 9.10. The van der Waals surface area contributed by atoms with Crippen LogP contribution in [0.25, 0.3) is 0 Å². The lowest BCUT2D eigenvalue weighted by Crippen LogP contribution is -2.46. The number of hydrogen-bond donors (Lipinski definition) is 2. The molecule has 0 atom stereocenters. The van der Waals surface area contributed by atoms with Crippen molar-refractivity contribution in [1.82, 2.24) is 5.32 Å². The minimum absolute atomic E-state index is 0.115. The van der Waals surface area contributed by atoms with E-state index in [-0.39, 0.29) is 10.5 Å². The summed E-state index contributed by atoms with van der Waals surface area (Å²) in [7, 11) is -2.32. The fraction of sp³-hybridized carbons (Fsp3) is 0.417. The Hall–Kier alpha value is -0.960. The van der Waals surface area contributed by atoms with Gasteiger partial charge in [-0.3, -0.25) is 4.79 Å². The third kappa shape index (κ3) is 4.55. The number of primary sulfonamides is 1. The van der Waals surface area contributed by atoms with Crippen LogP contribution in [0.5, 0.6) is 0 Å². The lowest BCUT2D eigenvalue weighted by atomic mass is 10.1. The second kappa shape index (κ2) is 6.21. The second-order valence-electron chi connectivity index (χ2n) is 4.96. The van der Waals surface area contributed by atoms with E-state index in [9.17, 15) is 13.2 Å². The Kier molecular flexibility index (Phi) is 5.31. The van der Waals surface area contributed by atoms with Crippen LogP contribution in [-0.4, -0.2) is 33.6 Å². The van der Waals surface area contributed by atoms with Crippen LogP contribution in [-0.2, 0) is 14.8 Å². The van der Waals surface area contributed by atoms with Crippen molar-refractivity contribution in [2.75, 3.05) is 13.7 Å². The van der Waals surface area contributed by atoms with Gasteiger partial charge in [0.05, 0.1) is 22.6 Å². The molecule has 0 spiro atoms. The summed E-state index contributed by atoms with van der Waals surface area (Å²) in [6.07, 6.45) is 0. The first-order valence-corrected chi connectivity index (χ1v) is 8.04. The summed E-state index contributed by atoms with van der Waals surface area (Å²) in [4.78, 5) is 12.1. The molecule has 0 bridgehead atoms. The Balaban J connectivity index is 3.10. The van der Waals surface area contributed by atoms with E-state index >= 15 is 0 Å². The standard InChI is InChI=1S/C12H17BrN2O4S/c1-12(2,7-19-3)15-11(16)9-6-8(20(14,17)18)4-5-10(9)13/h4-6H,7H2,1-3H3,(H,15,16)(H2,14,17,18). The maximum atomic E-state index is 12.2. The minimum atomic E-state index is -3.86. The number of carbonyl (C=O) groups excluding carboxylic acids is 1. The molecule has 0 saturated carbocycles. The highest BCUT2D eigenvalue weighted by atomic mass is 79.9. The molecule has 0 heterocycles. The van der Waals surface area contributed by atoms with Crippen molar-refractivity contribution in [3.05, 3.63) is 28.2 Å². The number of methoxy groups -OCH3 is 1. The summed E-state index contributed by atoms with van der Waals surface area (Å²) in [6, 6.07) is 4.03. The van der Waals surface area contributed by atoms with Crippen molar-refractivity contribution in [3.63, 3.8) is 0 Å². The highest BCUT2D eigenvalue weighted by Gasteiger charge is 2.23. The van der Waals surface area contributed by atoms with Gasteiger partial charge >= 0.3 is 0 Å². The molecule has 8 heteroatoms. The average Bonchev–Trinajstić information content (AvgIpc) is 2.26. The summed E-state index contributed by atoms with van der Waals surface area (Å²) in [6.45, 7) is 3.92. The lowest BCUT2D eigenvalue weighted by molar-refractivity contribution is 0.0819. The van der Waals surface area contributed by atoms with Crippen LogP contribution >= 0.6 is 15.9 Å². The van der Waals surface area contributed by atoms with E-state index in [1.165, 1.54) is 25.3 Å². The molecule has 3 N–H and O–H groups in total. The fourth-order valence-corrected chi connectivity index (χ4v) is 2.59. The van der Waals surface area contributed by atoms with Gasteiger partial charge in [0.25, 0.3) is 5.91 Å². The van der Waals surface area contributed by atoms with Crippen molar-refractivity contribution in [2.24, 2.45) is 5.14 Å². The third-order valence-corrected chi connectivity index (χ3v) is 4.07. The summed E-state index contributed by atoms with van der Waals surface area (Å²) in [5, 5.41) is 7.82. The Morgan fingerprint density at radius 1 is 1.45 bits per heavy atom. The van der Waals surface area contributed by atoms with Crippen molar-refractivity contribution in [1.29, 1.82) is 0 Å². The Morgan fingerprint density at radius 2 is 2.05 bits per heavy atom. The molecule has 112 valence electrons. The topological polar surface area (TPSA) is 98.5 Å². The fourth-order valence-electron chi connectivity index (χ4n) is 1.63. The van der Waals surface area contributed by atoms with E-state index in [0.717, 1.165) is 0 Å². The number of sulfonamides is 1. The number of nitrogens with two attached hydrogens (primary N) is 1. The first kappa shape index (κ1) is 17.1. The van der Waals surface area contributed by atoms with Crippen LogP contribution < -0.4 is 10.5 Å². The predicted octanol–water partition coefficient (Wildman–Crippen LogP) is 1.25. The zero-order valence-corrected chi connectivity index (χ0v) is 13.8. The summed E-state index contributed by atoms with van der Waals surface area (Å²) in [5.74, 6) is -0.413. The van der Waals surface area contributed by atoms with Gasteiger partial charge in [0.2, 0.25) is 10.0 Å². The van der Waals surface area contributed by atoms with Gasteiger partial charge < -0.3 is 10.1 Å². The molecule has 0 unspecified atom stereocenters. The SMILES string of the molecule is COCC(C)(C)NC(=O)c1cc(S(N)(=O)=O)ccc1Br. The number of hydrogen-bond acceptors (Lipinski definition) is 4. The summed E-state index contributed by atoms with van der Waals surface area (Å²) in [5.41, 5.74) is -0.385. The first-order chi connectivity index (χ1) is 9.07. The van der Waals surface area contributed by atoms with Crippen molar-refractivity contribution < 1.29 is 17.9 Å². The number of ether oxygens (including phenoxy) is 1. The van der Waals surface area contributed by atoms with Crippen LogP contribution in [0.4, 0.5) is 0 Å². The van der Waals surface area contributed by atoms with Crippen LogP contribution in [0.1, 0.15) is 24.2 Å². The number of benzene rings is 1. The third-order valence-electron chi connectivity index (χ3n) is 2.47. The average molecular weight is 365 g/mol. The highest BCUT2D eigenvalue weighted by Crippen LogP contribution is 2.21. The second-order valence-corrected chi connectivity index (χ2v) is 7.37. The molecule has 1 amide bonds. The van der Waals surface area contributed by atoms with Crippen molar-refractivity contribution in [2.45, 2.75) is 24.3 Å². The van der Waals surface area contributed by atoms with E-state index in [1.807, 2.05) is 0 Å². The van der Waals surface area contributed by atoms with Gasteiger partial charge in [-0.1, -0.05) is 0 Å². The summed E-state index contributed by atoms with van der Waals surface area (Å²) < 4.78 is 28.1. The molecule has 0 aromatic heterocycles. The minimum Gasteiger partial charge on any atom is -0.382 e. The molecule has 20 heavy (non-hydrogen) atoms. The van der Waals surface area contributed by atoms with Gasteiger partial charge in [-0.25, -0.2) is 13.6 Å². The van der Waals surface area contributed by atoms with E-state index in [0.29, 0.717) is 11.1 Å². The van der Waals surface area contributed by atoms with Gasteiger partial charge in [0.15, 0.2) is 0 Å². The van der Waals surface area contributed by atoms with Crippen LogP contribution in [0.15, 0.2) is 27.6 Å². The van der Waals surface area contributed by atoms with E-state index < -0.39 is 21.5 Å². The monoisotopic (exact) mass is 364 g/mol. The molecular weight excluding hydrogens is 348 g/mol. The Bertz CT molecular complexity index is 614. The Labute approximate surface area is 126 Å². The largest absolute Gasteiger partial charge is 0.382 e. The van der Waals surface area contributed by atoms with Gasteiger partial charge in [-0.05, 0) is 48.0 Å². The van der Waals surface area contributed by atoms with E-state index in [1.54, 1.807) is 13.8 Å². The van der Waals surface area contributed by atoms with Gasteiger partial charge in [-0.2, -0.15) is 0 Å².